The predicted octanol–water partition coefficient (Wildman–Crippen LogP) is 4.36. The van der Waals surface area contributed by atoms with Crippen LogP contribution in [-0.4, -0.2) is 44.6 Å². The van der Waals surface area contributed by atoms with Gasteiger partial charge < -0.3 is 19.9 Å². The van der Waals surface area contributed by atoms with E-state index >= 15 is 0 Å². The number of rotatable bonds is 5. The Morgan fingerprint density at radius 1 is 1.17 bits per heavy atom. The average Bonchev–Trinajstić information content (AvgIpc) is 3.28. The Bertz CT molecular complexity index is 1500. The van der Waals surface area contributed by atoms with Gasteiger partial charge in [-0.2, -0.15) is 5.10 Å². The van der Waals surface area contributed by atoms with Crippen molar-refractivity contribution >= 4 is 22.6 Å². The number of carbonyl (C=O) groups excluding carboxylic acids is 1. The molecule has 3 heterocycles. The first kappa shape index (κ1) is 23.3. The minimum Gasteiger partial charge on any atom is -0.457 e. The summed E-state index contributed by atoms with van der Waals surface area (Å²) in [5.41, 5.74) is 6.95. The molecule has 36 heavy (non-hydrogen) atoms. The number of nitrogens with two attached hydrogens (primary N) is 1. The molecule has 0 saturated carbocycles. The first-order valence-corrected chi connectivity index (χ1v) is 11.3. The number of para-hydroxylation sites is 1. The van der Waals surface area contributed by atoms with E-state index in [9.17, 15) is 18.4 Å². The average molecular weight is 491 g/mol. The van der Waals surface area contributed by atoms with Crippen molar-refractivity contribution < 1.29 is 18.3 Å². The predicted molar refractivity (Wildman–Crippen MR) is 132 cm³/mol. The number of piperidine rings is 1. The van der Waals surface area contributed by atoms with Gasteiger partial charge in [-0.3, -0.25) is 9.59 Å². The molecule has 1 aliphatic heterocycles. The second-order valence-corrected chi connectivity index (χ2v) is 8.69. The summed E-state index contributed by atoms with van der Waals surface area (Å²) in [5.74, 6) is -2.40. The van der Waals surface area contributed by atoms with Crippen LogP contribution in [0.25, 0.3) is 22.0 Å². The molecule has 0 bridgehead atoms. The van der Waals surface area contributed by atoms with Crippen LogP contribution in [0.2, 0.25) is 0 Å². The number of nitrogens with zero attached hydrogens (tertiary/aromatic N) is 3. The number of anilines is 1. The van der Waals surface area contributed by atoms with E-state index in [0.717, 1.165) is 11.0 Å². The van der Waals surface area contributed by atoms with Crippen LogP contribution >= 0.6 is 0 Å². The highest BCUT2D eigenvalue weighted by molar-refractivity contribution is 6.02. The lowest BCUT2D eigenvalue weighted by Crippen LogP contribution is -2.49. The molecule has 0 aliphatic carbocycles. The van der Waals surface area contributed by atoms with E-state index in [1.807, 2.05) is 30.3 Å². The van der Waals surface area contributed by atoms with Gasteiger partial charge in [0, 0.05) is 24.7 Å². The highest BCUT2D eigenvalue weighted by Crippen LogP contribution is 2.39. The van der Waals surface area contributed by atoms with Gasteiger partial charge in [-0.25, -0.2) is 13.9 Å². The summed E-state index contributed by atoms with van der Waals surface area (Å²) in [7, 11) is 0. The molecule has 4 aromatic rings. The lowest BCUT2D eigenvalue weighted by Gasteiger charge is -2.37. The number of hydrogen-bond donors (Lipinski definition) is 2. The van der Waals surface area contributed by atoms with Gasteiger partial charge in [-0.05, 0) is 35.9 Å². The number of hydrogen-bond acceptors (Lipinski definition) is 5. The molecule has 0 spiro atoms. The number of benzene rings is 2. The quantitative estimate of drug-likeness (QED) is 0.404. The van der Waals surface area contributed by atoms with Crippen molar-refractivity contribution in [2.75, 3.05) is 18.8 Å². The van der Waals surface area contributed by atoms with Crippen molar-refractivity contribution in [3.63, 3.8) is 0 Å². The number of H-pyrrole nitrogens is 1. The fraction of sp³-hybridized carbons (Fsp3) is 0.192. The summed E-state index contributed by atoms with van der Waals surface area (Å²) >= 11 is 0. The van der Waals surface area contributed by atoms with Gasteiger partial charge in [0.1, 0.15) is 17.0 Å². The minimum atomic E-state index is -3.14. The van der Waals surface area contributed by atoms with Gasteiger partial charge in [0.15, 0.2) is 5.82 Å². The van der Waals surface area contributed by atoms with Gasteiger partial charge in [0.25, 0.3) is 11.5 Å². The van der Waals surface area contributed by atoms with Crippen LogP contribution in [0.4, 0.5) is 14.6 Å². The summed E-state index contributed by atoms with van der Waals surface area (Å²) in [6.45, 7) is 2.69. The zero-order valence-corrected chi connectivity index (χ0v) is 19.2. The van der Waals surface area contributed by atoms with Crippen LogP contribution in [0.1, 0.15) is 12.5 Å². The number of ether oxygens (including phenoxy) is 1. The fourth-order valence-corrected chi connectivity index (χ4v) is 4.62. The number of alkyl halides is 2. The maximum Gasteiger partial charge on any atom is 0.288 e. The fourth-order valence-electron chi connectivity index (χ4n) is 4.62. The molecule has 1 amide bonds. The number of likely N-dealkylation sites (tertiary alicyclic amines) is 1. The van der Waals surface area contributed by atoms with Crippen LogP contribution in [0.15, 0.2) is 78.2 Å². The Kier molecular flexibility index (Phi) is 5.79. The number of aromatic nitrogens is 3. The SMILES string of the molecule is C=CC(=O)N1C[C@H](n2cc(-c3ccc(Oc4ccccc4)cc3)c3c(N)n[nH]c(=O)c32)CC(F)(F)C1. The van der Waals surface area contributed by atoms with E-state index in [0.29, 0.717) is 28.0 Å². The summed E-state index contributed by atoms with van der Waals surface area (Å²) in [6, 6.07) is 15.5. The number of halogens is 2. The van der Waals surface area contributed by atoms with E-state index in [4.69, 9.17) is 10.5 Å². The molecule has 1 fully saturated rings. The lowest BCUT2D eigenvalue weighted by atomic mass is 10.0. The van der Waals surface area contributed by atoms with Crippen LogP contribution in [-0.2, 0) is 4.79 Å². The third-order valence-corrected chi connectivity index (χ3v) is 6.19. The topological polar surface area (TPSA) is 106 Å². The molecule has 8 nitrogen and oxygen atoms in total. The molecule has 1 saturated heterocycles. The number of nitrogen functional groups attached to an aromatic ring is 1. The molecule has 2 aromatic carbocycles. The van der Waals surface area contributed by atoms with Crippen molar-refractivity contribution in [3.05, 3.63) is 83.8 Å². The maximum atomic E-state index is 14.6. The Labute approximate surface area is 204 Å². The van der Waals surface area contributed by atoms with E-state index < -0.39 is 36.4 Å². The van der Waals surface area contributed by atoms with E-state index in [-0.39, 0.29) is 17.9 Å². The van der Waals surface area contributed by atoms with Crippen molar-refractivity contribution in [2.24, 2.45) is 0 Å². The Hall–Kier alpha value is -4.47. The van der Waals surface area contributed by atoms with Gasteiger partial charge in [-0.15, -0.1) is 0 Å². The van der Waals surface area contributed by atoms with Crippen LogP contribution in [0.5, 0.6) is 11.5 Å². The Morgan fingerprint density at radius 2 is 1.86 bits per heavy atom. The zero-order valence-electron chi connectivity index (χ0n) is 19.2. The second-order valence-electron chi connectivity index (χ2n) is 8.69. The molecule has 184 valence electrons. The monoisotopic (exact) mass is 491 g/mol. The summed E-state index contributed by atoms with van der Waals surface area (Å²) in [5, 5.41) is 6.57. The standard InChI is InChI=1S/C26H23F2N5O3/c1-2-21(34)32-13-17(12-26(27,28)15-32)33-14-20(22-23(33)25(35)31-30-24(22)29)16-8-10-19(11-9-16)36-18-6-4-3-5-7-18/h2-11,14,17H,1,12-13,15H2,(H2,29,30)(H,31,35)/t17-/m1/s1. The summed E-state index contributed by atoms with van der Waals surface area (Å²) in [6.07, 6.45) is 2.09. The van der Waals surface area contributed by atoms with E-state index in [2.05, 4.69) is 16.8 Å². The molecule has 1 atom stereocenters. The molecule has 2 aromatic heterocycles. The smallest absolute Gasteiger partial charge is 0.288 e. The van der Waals surface area contributed by atoms with Gasteiger partial charge in [-0.1, -0.05) is 36.9 Å². The molecule has 0 radical (unpaired) electrons. The summed E-state index contributed by atoms with van der Waals surface area (Å²) < 4.78 is 36.6. The normalized spacial score (nSPS) is 17.2. The third-order valence-electron chi connectivity index (χ3n) is 6.19. The van der Waals surface area contributed by atoms with Crippen LogP contribution in [0, 0.1) is 0 Å². The van der Waals surface area contributed by atoms with E-state index in [1.54, 1.807) is 30.5 Å². The Balaban J connectivity index is 1.58. The number of nitrogens with one attached hydrogen (secondary N) is 1. The van der Waals surface area contributed by atoms with E-state index in [1.165, 1.54) is 4.57 Å². The number of fused-ring (bicyclic) bond motifs is 1. The van der Waals surface area contributed by atoms with Crippen molar-refractivity contribution in [3.8, 4) is 22.6 Å². The zero-order chi connectivity index (χ0) is 25.4. The van der Waals surface area contributed by atoms with Crippen LogP contribution < -0.4 is 16.0 Å². The molecular weight excluding hydrogens is 468 g/mol. The highest BCUT2D eigenvalue weighted by atomic mass is 19.3. The lowest BCUT2D eigenvalue weighted by molar-refractivity contribution is -0.139. The second kappa shape index (κ2) is 8.95. The molecule has 1 aliphatic rings. The third kappa shape index (κ3) is 4.33. The summed E-state index contributed by atoms with van der Waals surface area (Å²) in [4.78, 5) is 26.0. The van der Waals surface area contributed by atoms with Gasteiger partial charge >= 0.3 is 0 Å². The van der Waals surface area contributed by atoms with Crippen LogP contribution in [0.3, 0.4) is 0 Å². The van der Waals surface area contributed by atoms with Crippen molar-refractivity contribution in [1.82, 2.24) is 19.7 Å². The first-order chi connectivity index (χ1) is 17.3. The molecule has 3 N–H and O–H groups in total. The minimum absolute atomic E-state index is 0.00478. The molecular formula is C26H23F2N5O3. The largest absolute Gasteiger partial charge is 0.457 e. The number of carbonyl (C=O) groups is 1. The number of aromatic amines is 1. The molecule has 5 rings (SSSR count). The van der Waals surface area contributed by atoms with Crippen molar-refractivity contribution in [1.29, 1.82) is 0 Å². The molecule has 10 heteroatoms. The first-order valence-electron chi connectivity index (χ1n) is 11.3. The highest BCUT2D eigenvalue weighted by Gasteiger charge is 2.43. The maximum absolute atomic E-state index is 14.6. The molecule has 0 unspecified atom stereocenters. The number of amides is 1. The van der Waals surface area contributed by atoms with Gasteiger partial charge in [0.05, 0.1) is 18.0 Å². The van der Waals surface area contributed by atoms with Crippen molar-refractivity contribution in [2.45, 2.75) is 18.4 Å². The Morgan fingerprint density at radius 3 is 2.56 bits per heavy atom. The van der Waals surface area contributed by atoms with Gasteiger partial charge in [0.2, 0.25) is 5.91 Å².